The molecule has 4 rings (SSSR count). The number of hydrazine groups is 1. The number of fused-ring (bicyclic) bond motifs is 1. The molecule has 0 aliphatic carbocycles. The molecule has 7 heteroatoms. The molecule has 2 aromatic carbocycles. The van der Waals surface area contributed by atoms with Gasteiger partial charge in [0, 0.05) is 24.7 Å². The first-order chi connectivity index (χ1) is 13.6. The lowest BCUT2D eigenvalue weighted by molar-refractivity contribution is -0.137. The van der Waals surface area contributed by atoms with Crippen LogP contribution in [-0.4, -0.2) is 31.1 Å². The fourth-order valence-electron chi connectivity index (χ4n) is 3.83. The Morgan fingerprint density at radius 1 is 1.00 bits per heavy atom. The molecular weight excluding hydrogens is 380 g/mol. The molecule has 0 spiro atoms. The van der Waals surface area contributed by atoms with Gasteiger partial charge in [-0.05, 0) is 36.1 Å². The fourth-order valence-corrected chi connectivity index (χ4v) is 4.15. The summed E-state index contributed by atoms with van der Waals surface area (Å²) in [6.45, 7) is 0.904. The van der Waals surface area contributed by atoms with Crippen LogP contribution in [0, 0.1) is 0 Å². The molecule has 6 nitrogen and oxygen atoms in total. The topological polar surface area (TPSA) is 76.7 Å². The van der Waals surface area contributed by atoms with E-state index in [-0.39, 0.29) is 11.8 Å². The van der Waals surface area contributed by atoms with Gasteiger partial charge >= 0.3 is 0 Å². The number of amides is 2. The van der Waals surface area contributed by atoms with Crippen LogP contribution in [0.2, 0.25) is 5.02 Å². The van der Waals surface area contributed by atoms with Gasteiger partial charge in [0.05, 0.1) is 5.41 Å². The number of carbonyl (C=O) groups excluding carboxylic acids is 2. The van der Waals surface area contributed by atoms with Gasteiger partial charge < -0.3 is 9.47 Å². The van der Waals surface area contributed by atoms with E-state index in [2.05, 4.69) is 10.9 Å². The minimum absolute atomic E-state index is 0.298. The third kappa shape index (κ3) is 3.45. The van der Waals surface area contributed by atoms with E-state index < -0.39 is 11.5 Å². The minimum atomic E-state index is -0.844. The molecule has 1 atom stereocenters. The van der Waals surface area contributed by atoms with E-state index in [9.17, 15) is 9.59 Å². The Morgan fingerprint density at radius 3 is 2.46 bits per heavy atom. The first kappa shape index (κ1) is 18.8. The molecule has 0 bridgehead atoms. The molecule has 2 aliphatic rings. The summed E-state index contributed by atoms with van der Waals surface area (Å²) in [6, 6.07) is 14.8. The number of hydrogen-bond acceptors (Lipinski definition) is 4. The van der Waals surface area contributed by atoms with Gasteiger partial charge in [-0.25, -0.2) is 0 Å². The summed E-state index contributed by atoms with van der Waals surface area (Å²) >= 11 is 6.38. The van der Waals surface area contributed by atoms with Crippen molar-refractivity contribution >= 4 is 23.4 Å². The lowest BCUT2D eigenvalue weighted by Crippen LogP contribution is -2.55. The van der Waals surface area contributed by atoms with Gasteiger partial charge in [0.25, 0.3) is 5.91 Å². The maximum atomic E-state index is 13.1. The monoisotopic (exact) mass is 400 g/mol. The Bertz CT molecular complexity index is 870. The quantitative estimate of drug-likeness (QED) is 0.776. The van der Waals surface area contributed by atoms with Crippen LogP contribution in [0.5, 0.6) is 5.75 Å². The van der Waals surface area contributed by atoms with E-state index in [1.807, 2.05) is 42.5 Å². The van der Waals surface area contributed by atoms with Gasteiger partial charge in [0.1, 0.15) is 5.75 Å². The molecule has 1 fully saturated rings. The van der Waals surface area contributed by atoms with Gasteiger partial charge in [0.2, 0.25) is 5.91 Å². The molecule has 0 aromatic heterocycles. The normalized spacial score (nSPS) is 20.0. The van der Waals surface area contributed by atoms with Crippen LogP contribution in [0.15, 0.2) is 48.5 Å². The minimum Gasteiger partial charge on any atom is -0.480 e. The molecule has 0 saturated carbocycles. The highest BCUT2D eigenvalue weighted by Gasteiger charge is 2.43. The number of benzene rings is 2. The highest BCUT2D eigenvalue weighted by molar-refractivity contribution is 6.31. The van der Waals surface area contributed by atoms with Crippen LogP contribution >= 0.6 is 11.6 Å². The van der Waals surface area contributed by atoms with Crippen LogP contribution in [0.3, 0.4) is 0 Å². The number of rotatable bonds is 3. The lowest BCUT2D eigenvalue weighted by Gasteiger charge is -2.36. The summed E-state index contributed by atoms with van der Waals surface area (Å²) in [4.78, 5) is 25.6. The van der Waals surface area contributed by atoms with E-state index >= 15 is 0 Å². The van der Waals surface area contributed by atoms with Gasteiger partial charge in [-0.2, -0.15) is 0 Å². The first-order valence-electron chi connectivity index (χ1n) is 9.28. The standard InChI is InChI=1S/C21H21ClN2O4/c22-16-7-3-2-6-15(16)21(9-11-27-12-10-21)20(26)24-23-19(25)18-13-14-5-1-4-8-17(14)28-18/h1-8,18H,9-13H2,(H,23,25)(H,24,26). The van der Waals surface area contributed by atoms with Crippen LogP contribution in [0.25, 0.3) is 0 Å². The van der Waals surface area contributed by atoms with Crippen molar-refractivity contribution in [1.29, 1.82) is 0 Å². The number of hydrogen-bond donors (Lipinski definition) is 2. The predicted molar refractivity (Wildman–Crippen MR) is 104 cm³/mol. The second-order valence-electron chi connectivity index (χ2n) is 7.04. The average molecular weight is 401 g/mol. The van der Waals surface area contributed by atoms with Crippen LogP contribution in [-0.2, 0) is 26.2 Å². The smallest absolute Gasteiger partial charge is 0.279 e. The molecule has 2 aliphatic heterocycles. The third-order valence-corrected chi connectivity index (χ3v) is 5.74. The van der Waals surface area contributed by atoms with Gasteiger partial charge in [-0.15, -0.1) is 0 Å². The largest absolute Gasteiger partial charge is 0.480 e. The Morgan fingerprint density at radius 2 is 1.71 bits per heavy atom. The summed E-state index contributed by atoms with van der Waals surface area (Å²) in [5.74, 6) is 0.0182. The van der Waals surface area contributed by atoms with Crippen LogP contribution < -0.4 is 15.6 Å². The molecule has 28 heavy (non-hydrogen) atoms. The predicted octanol–water partition coefficient (Wildman–Crippen LogP) is 2.54. The Labute approximate surface area is 168 Å². The molecular formula is C21H21ClN2O4. The number of carbonyl (C=O) groups is 2. The van der Waals surface area contributed by atoms with E-state index in [0.29, 0.717) is 43.2 Å². The van der Waals surface area contributed by atoms with Crippen molar-refractivity contribution in [3.63, 3.8) is 0 Å². The van der Waals surface area contributed by atoms with Crippen molar-refractivity contribution in [1.82, 2.24) is 10.9 Å². The van der Waals surface area contributed by atoms with Crippen molar-refractivity contribution < 1.29 is 19.1 Å². The van der Waals surface area contributed by atoms with E-state index in [4.69, 9.17) is 21.1 Å². The number of nitrogens with one attached hydrogen (secondary N) is 2. The summed E-state index contributed by atoms with van der Waals surface area (Å²) in [6.07, 6.45) is 0.790. The van der Waals surface area contributed by atoms with Gasteiger partial charge in [0.15, 0.2) is 6.10 Å². The van der Waals surface area contributed by atoms with Gasteiger partial charge in [-0.3, -0.25) is 20.4 Å². The van der Waals surface area contributed by atoms with Crippen molar-refractivity contribution in [2.24, 2.45) is 0 Å². The zero-order chi connectivity index (χ0) is 19.6. The number of halogens is 1. The lowest BCUT2D eigenvalue weighted by atomic mass is 9.73. The molecule has 146 valence electrons. The summed E-state index contributed by atoms with van der Waals surface area (Å²) in [5.41, 5.74) is 5.99. The first-order valence-corrected chi connectivity index (χ1v) is 9.65. The maximum Gasteiger partial charge on any atom is 0.279 e. The number of para-hydroxylation sites is 1. The molecule has 2 heterocycles. The molecule has 0 radical (unpaired) electrons. The highest BCUT2D eigenvalue weighted by Crippen LogP contribution is 2.38. The Hall–Kier alpha value is -2.57. The molecule has 1 saturated heterocycles. The Kier molecular flexibility index (Phi) is 5.24. The zero-order valence-electron chi connectivity index (χ0n) is 15.2. The van der Waals surface area contributed by atoms with Crippen LogP contribution in [0.1, 0.15) is 24.0 Å². The zero-order valence-corrected chi connectivity index (χ0v) is 16.0. The van der Waals surface area contributed by atoms with E-state index in [0.717, 1.165) is 11.1 Å². The van der Waals surface area contributed by atoms with Crippen molar-refractivity contribution in [3.8, 4) is 5.75 Å². The molecule has 2 amide bonds. The Balaban J connectivity index is 1.46. The summed E-state index contributed by atoms with van der Waals surface area (Å²) in [7, 11) is 0. The number of ether oxygens (including phenoxy) is 2. The molecule has 2 aromatic rings. The third-order valence-electron chi connectivity index (χ3n) is 5.41. The van der Waals surface area contributed by atoms with Crippen molar-refractivity contribution in [2.75, 3.05) is 13.2 Å². The second-order valence-corrected chi connectivity index (χ2v) is 7.44. The fraction of sp³-hybridized carbons (Fsp3) is 0.333. The molecule has 1 unspecified atom stereocenters. The van der Waals surface area contributed by atoms with Gasteiger partial charge in [-0.1, -0.05) is 48.0 Å². The van der Waals surface area contributed by atoms with Crippen molar-refractivity contribution in [3.05, 3.63) is 64.7 Å². The van der Waals surface area contributed by atoms with E-state index in [1.165, 1.54) is 0 Å². The summed E-state index contributed by atoms with van der Waals surface area (Å²) < 4.78 is 11.1. The average Bonchev–Trinajstić information content (AvgIpc) is 3.17. The SMILES string of the molecule is O=C(NNC(=O)C1(c2ccccc2Cl)CCOCC1)C1Cc2ccccc2O1. The second kappa shape index (κ2) is 7.81. The summed E-state index contributed by atoms with van der Waals surface area (Å²) in [5, 5.41) is 0.528. The maximum absolute atomic E-state index is 13.1. The van der Waals surface area contributed by atoms with E-state index in [1.54, 1.807) is 6.07 Å². The highest BCUT2D eigenvalue weighted by atomic mass is 35.5. The van der Waals surface area contributed by atoms with Crippen molar-refractivity contribution in [2.45, 2.75) is 30.8 Å². The molecule has 2 N–H and O–H groups in total. The van der Waals surface area contributed by atoms with Crippen LogP contribution in [0.4, 0.5) is 0 Å².